The van der Waals surface area contributed by atoms with Crippen molar-refractivity contribution in [2.45, 2.75) is 6.36 Å². The van der Waals surface area contributed by atoms with Crippen molar-refractivity contribution in [3.05, 3.63) is 21.6 Å². The van der Waals surface area contributed by atoms with Crippen LogP contribution in [0.4, 0.5) is 18.9 Å². The first kappa shape index (κ1) is 11.5. The minimum Gasteiger partial charge on any atom is -0.405 e. The predicted octanol–water partition coefficient (Wildman–Crippen LogP) is 3.58. The molecule has 0 amide bonds. The van der Waals surface area contributed by atoms with Crippen molar-refractivity contribution in [1.82, 2.24) is 0 Å². The van der Waals surface area contributed by atoms with Crippen LogP contribution in [0.1, 0.15) is 0 Å². The van der Waals surface area contributed by atoms with Crippen LogP contribution >= 0.6 is 27.5 Å². The zero-order valence-corrected chi connectivity index (χ0v) is 8.87. The van der Waals surface area contributed by atoms with Crippen molar-refractivity contribution in [3.8, 4) is 5.75 Å². The van der Waals surface area contributed by atoms with E-state index in [9.17, 15) is 13.2 Å². The monoisotopic (exact) mass is 289 g/mol. The van der Waals surface area contributed by atoms with Gasteiger partial charge in [0.1, 0.15) is 5.75 Å². The highest BCUT2D eigenvalue weighted by Gasteiger charge is 2.32. The normalized spacial score (nSPS) is 11.5. The van der Waals surface area contributed by atoms with Crippen molar-refractivity contribution in [1.29, 1.82) is 0 Å². The largest absolute Gasteiger partial charge is 0.573 e. The van der Waals surface area contributed by atoms with Gasteiger partial charge in [0.2, 0.25) is 0 Å². The number of anilines is 1. The summed E-state index contributed by atoms with van der Waals surface area (Å²) in [6, 6.07) is 2.23. The lowest BCUT2D eigenvalue weighted by Gasteiger charge is -2.11. The fourth-order valence-corrected chi connectivity index (χ4v) is 1.34. The molecule has 0 aliphatic carbocycles. The Bertz CT molecular complexity index is 356. The summed E-state index contributed by atoms with van der Waals surface area (Å²) in [5, 5.41) is 0.00690. The molecule has 7 heteroatoms. The van der Waals surface area contributed by atoms with E-state index < -0.39 is 12.1 Å². The number of rotatable bonds is 1. The van der Waals surface area contributed by atoms with Gasteiger partial charge in [-0.2, -0.15) is 0 Å². The molecule has 0 bridgehead atoms. The molecule has 0 aromatic heterocycles. The van der Waals surface area contributed by atoms with Crippen LogP contribution in [0.15, 0.2) is 16.6 Å². The highest BCUT2D eigenvalue weighted by molar-refractivity contribution is 9.10. The Balaban J connectivity index is 3.04. The molecule has 2 nitrogen and oxygen atoms in total. The molecule has 0 unspecified atom stereocenters. The first-order chi connectivity index (χ1) is 6.29. The lowest BCUT2D eigenvalue weighted by atomic mass is 10.3. The third-order valence-corrected chi connectivity index (χ3v) is 2.22. The first-order valence-electron chi connectivity index (χ1n) is 3.30. The molecular weight excluding hydrogens is 286 g/mol. The van der Waals surface area contributed by atoms with Gasteiger partial charge in [-0.1, -0.05) is 11.6 Å². The van der Waals surface area contributed by atoms with Gasteiger partial charge in [-0.15, -0.1) is 13.2 Å². The second-order valence-electron chi connectivity index (χ2n) is 2.35. The van der Waals surface area contributed by atoms with Crippen molar-refractivity contribution in [2.75, 3.05) is 5.73 Å². The Labute approximate surface area is 90.9 Å². The van der Waals surface area contributed by atoms with E-state index in [1.165, 1.54) is 6.07 Å². The number of nitrogens with two attached hydrogens (primary N) is 1. The lowest BCUT2D eigenvalue weighted by Crippen LogP contribution is -2.17. The molecule has 0 radical (unpaired) electrons. The average Bonchev–Trinajstić information content (AvgIpc) is 1.97. The standard InChI is InChI=1S/C7H4BrClF3NO/c8-3-1-5(13)4(9)2-6(3)14-7(10,11)12/h1-2H,13H2. The van der Waals surface area contributed by atoms with Crippen LogP contribution in [0, 0.1) is 0 Å². The second-order valence-corrected chi connectivity index (χ2v) is 3.61. The van der Waals surface area contributed by atoms with Crippen molar-refractivity contribution in [2.24, 2.45) is 0 Å². The summed E-state index contributed by atoms with van der Waals surface area (Å²) in [5.74, 6) is -0.420. The van der Waals surface area contributed by atoms with Crippen LogP contribution in [0.3, 0.4) is 0 Å². The molecule has 0 aliphatic rings. The summed E-state index contributed by atoms with van der Waals surface area (Å²) in [4.78, 5) is 0. The molecular formula is C7H4BrClF3NO. The zero-order chi connectivity index (χ0) is 10.9. The fourth-order valence-electron chi connectivity index (χ4n) is 0.747. The van der Waals surface area contributed by atoms with Crippen LogP contribution in [0.2, 0.25) is 5.02 Å². The van der Waals surface area contributed by atoms with Crippen LogP contribution < -0.4 is 10.5 Å². The molecule has 0 spiro atoms. The molecule has 78 valence electrons. The van der Waals surface area contributed by atoms with E-state index in [4.69, 9.17) is 17.3 Å². The fraction of sp³-hybridized carbons (Fsp3) is 0.143. The van der Waals surface area contributed by atoms with Crippen LogP contribution in [0.5, 0.6) is 5.75 Å². The molecule has 0 saturated heterocycles. The number of ether oxygens (including phenoxy) is 1. The molecule has 14 heavy (non-hydrogen) atoms. The van der Waals surface area contributed by atoms with Gasteiger partial charge in [0.05, 0.1) is 15.2 Å². The molecule has 0 saturated carbocycles. The molecule has 0 fully saturated rings. The third-order valence-electron chi connectivity index (χ3n) is 1.28. The maximum absolute atomic E-state index is 11.8. The van der Waals surface area contributed by atoms with Crippen LogP contribution in [-0.4, -0.2) is 6.36 Å². The number of alkyl halides is 3. The highest BCUT2D eigenvalue weighted by atomic mass is 79.9. The van der Waals surface area contributed by atoms with Crippen molar-refractivity contribution >= 4 is 33.2 Å². The van der Waals surface area contributed by atoms with Crippen molar-refractivity contribution in [3.63, 3.8) is 0 Å². The second kappa shape index (κ2) is 3.86. The van der Waals surface area contributed by atoms with E-state index in [1.807, 2.05) is 0 Å². The summed E-state index contributed by atoms with van der Waals surface area (Å²) in [5.41, 5.74) is 5.53. The first-order valence-corrected chi connectivity index (χ1v) is 4.47. The molecule has 2 N–H and O–H groups in total. The minimum absolute atomic E-state index is 0.00690. The van der Waals surface area contributed by atoms with Crippen molar-refractivity contribution < 1.29 is 17.9 Å². The van der Waals surface area contributed by atoms with Crippen LogP contribution in [-0.2, 0) is 0 Å². The third kappa shape index (κ3) is 2.95. The van der Waals surface area contributed by atoms with E-state index >= 15 is 0 Å². The topological polar surface area (TPSA) is 35.2 Å². The number of hydrogen-bond donors (Lipinski definition) is 1. The number of halogens is 5. The van der Waals surface area contributed by atoms with Gasteiger partial charge in [-0.05, 0) is 22.0 Å². The molecule has 0 aliphatic heterocycles. The summed E-state index contributed by atoms with van der Waals surface area (Å²) < 4.78 is 39.3. The maximum Gasteiger partial charge on any atom is 0.573 e. The molecule has 0 atom stereocenters. The van der Waals surface area contributed by atoms with Gasteiger partial charge in [0, 0.05) is 6.07 Å². The maximum atomic E-state index is 11.8. The summed E-state index contributed by atoms with van der Waals surface area (Å²) >= 11 is 8.39. The minimum atomic E-state index is -4.75. The number of benzene rings is 1. The van der Waals surface area contributed by atoms with E-state index in [-0.39, 0.29) is 15.2 Å². The van der Waals surface area contributed by atoms with E-state index in [1.54, 1.807) is 0 Å². The predicted molar refractivity (Wildman–Crippen MR) is 50.2 cm³/mol. The summed E-state index contributed by atoms with van der Waals surface area (Å²) in [7, 11) is 0. The zero-order valence-electron chi connectivity index (χ0n) is 6.53. The number of hydrogen-bond acceptors (Lipinski definition) is 2. The summed E-state index contributed by atoms with van der Waals surface area (Å²) in [6.45, 7) is 0. The van der Waals surface area contributed by atoms with E-state index in [0.717, 1.165) is 6.07 Å². The molecule has 1 aromatic carbocycles. The number of nitrogen functional groups attached to an aromatic ring is 1. The average molecular weight is 290 g/mol. The SMILES string of the molecule is Nc1cc(Br)c(OC(F)(F)F)cc1Cl. The Hall–Kier alpha value is -0.620. The Morgan fingerprint density at radius 2 is 1.93 bits per heavy atom. The Morgan fingerprint density at radius 1 is 1.36 bits per heavy atom. The van der Waals surface area contributed by atoms with E-state index in [2.05, 4.69) is 20.7 Å². The van der Waals surface area contributed by atoms with Gasteiger partial charge in [-0.3, -0.25) is 0 Å². The smallest absolute Gasteiger partial charge is 0.405 e. The van der Waals surface area contributed by atoms with Gasteiger partial charge in [0.15, 0.2) is 0 Å². The van der Waals surface area contributed by atoms with Gasteiger partial charge in [-0.25, -0.2) is 0 Å². The van der Waals surface area contributed by atoms with Gasteiger partial charge < -0.3 is 10.5 Å². The lowest BCUT2D eigenvalue weighted by molar-refractivity contribution is -0.274. The van der Waals surface area contributed by atoms with E-state index in [0.29, 0.717) is 0 Å². The molecule has 0 heterocycles. The molecule has 1 rings (SSSR count). The Morgan fingerprint density at radius 3 is 2.43 bits per heavy atom. The van der Waals surface area contributed by atoms with Gasteiger partial charge >= 0.3 is 6.36 Å². The van der Waals surface area contributed by atoms with Gasteiger partial charge in [0.25, 0.3) is 0 Å². The summed E-state index contributed by atoms with van der Waals surface area (Å²) in [6.07, 6.45) is -4.75. The molecule has 1 aromatic rings. The highest BCUT2D eigenvalue weighted by Crippen LogP contribution is 2.35. The van der Waals surface area contributed by atoms with Crippen LogP contribution in [0.25, 0.3) is 0 Å². The quantitative estimate of drug-likeness (QED) is 0.802. The Kier molecular flexibility index (Phi) is 3.16.